The van der Waals surface area contributed by atoms with Crippen molar-refractivity contribution in [1.29, 1.82) is 0 Å². The number of hydrogen-bond acceptors (Lipinski definition) is 7. The van der Waals surface area contributed by atoms with Crippen molar-refractivity contribution in [2.24, 2.45) is 4.99 Å². The molecule has 2 aromatic carbocycles. The summed E-state index contributed by atoms with van der Waals surface area (Å²) >= 11 is 0. The molecule has 8 nitrogen and oxygen atoms in total. The van der Waals surface area contributed by atoms with E-state index in [9.17, 15) is 13.2 Å². The van der Waals surface area contributed by atoms with Gasteiger partial charge in [-0.25, -0.2) is 13.4 Å². The number of sulfone groups is 1. The molecule has 0 saturated heterocycles. The molecular formula is C24H24N2O6S. The molecule has 33 heavy (non-hydrogen) atoms. The Bertz CT molecular complexity index is 1310. The van der Waals surface area contributed by atoms with Gasteiger partial charge in [0.2, 0.25) is 5.90 Å². The zero-order valence-corrected chi connectivity index (χ0v) is 19.3. The maximum Gasteiger partial charge on any atom is 0.233 e. The second kappa shape index (κ2) is 9.11. The number of aromatic nitrogens is 1. The Balaban J connectivity index is 1.66. The minimum absolute atomic E-state index is 0.0993. The number of H-pyrrole nitrogens is 1. The third kappa shape index (κ3) is 5.43. The molecular weight excluding hydrogens is 444 g/mol. The molecule has 3 aromatic rings. The van der Waals surface area contributed by atoms with Crippen molar-refractivity contribution in [2.45, 2.75) is 24.8 Å². The number of nitrogens with zero attached hydrogens (tertiary/aromatic N) is 1. The Morgan fingerprint density at radius 1 is 1.03 bits per heavy atom. The van der Waals surface area contributed by atoms with E-state index >= 15 is 0 Å². The van der Waals surface area contributed by atoms with Crippen LogP contribution in [0.25, 0.3) is 11.3 Å². The average molecular weight is 469 g/mol. The van der Waals surface area contributed by atoms with Crippen LogP contribution < -0.4 is 9.47 Å². The van der Waals surface area contributed by atoms with Crippen LogP contribution in [0.1, 0.15) is 19.5 Å². The molecule has 4 rings (SSSR count). The van der Waals surface area contributed by atoms with Crippen LogP contribution in [0, 0.1) is 0 Å². The number of benzene rings is 2. The number of carbonyl (C=O) groups excluding carboxylic acids is 1. The molecule has 1 aliphatic heterocycles. The average Bonchev–Trinajstić information content (AvgIpc) is 3.45. The summed E-state index contributed by atoms with van der Waals surface area (Å²) in [6, 6.07) is 15.3. The third-order valence-corrected chi connectivity index (χ3v) is 6.19. The number of Topliss-reactive ketones (excluding diaryl/α,β-unsaturated/α-hetero) is 1. The van der Waals surface area contributed by atoms with Gasteiger partial charge >= 0.3 is 0 Å². The maximum absolute atomic E-state index is 11.7. The Hall–Kier alpha value is -3.59. The van der Waals surface area contributed by atoms with Crippen molar-refractivity contribution < 1.29 is 27.4 Å². The molecule has 1 atom stereocenters. The molecule has 0 spiro atoms. The molecule has 1 aromatic heterocycles. The van der Waals surface area contributed by atoms with E-state index < -0.39 is 15.9 Å². The van der Waals surface area contributed by atoms with Crippen LogP contribution in [0.15, 0.2) is 64.5 Å². The van der Waals surface area contributed by atoms with Crippen LogP contribution in [0.4, 0.5) is 0 Å². The van der Waals surface area contributed by atoms with Gasteiger partial charge in [-0.1, -0.05) is 0 Å². The second-order valence-corrected chi connectivity index (χ2v) is 9.75. The molecule has 0 fully saturated rings. The molecule has 0 saturated carbocycles. The van der Waals surface area contributed by atoms with E-state index in [1.807, 2.05) is 24.3 Å². The van der Waals surface area contributed by atoms with E-state index in [1.54, 1.807) is 25.1 Å². The number of rotatable bonds is 8. The van der Waals surface area contributed by atoms with E-state index in [1.165, 1.54) is 19.1 Å². The highest BCUT2D eigenvalue weighted by molar-refractivity contribution is 7.90. The first-order valence-corrected chi connectivity index (χ1v) is 12.3. The lowest BCUT2D eigenvalue weighted by Gasteiger charge is -2.15. The Kier molecular flexibility index (Phi) is 6.24. The van der Waals surface area contributed by atoms with E-state index in [4.69, 9.17) is 14.2 Å². The number of carbonyl (C=O) groups is 1. The van der Waals surface area contributed by atoms with Gasteiger partial charge in [0.1, 0.15) is 29.5 Å². The third-order valence-electron chi connectivity index (χ3n) is 5.07. The molecule has 9 heteroatoms. The summed E-state index contributed by atoms with van der Waals surface area (Å²) in [5, 5.41) is 0. The Morgan fingerprint density at radius 3 is 2.36 bits per heavy atom. The smallest absolute Gasteiger partial charge is 0.233 e. The lowest BCUT2D eigenvalue weighted by molar-refractivity contribution is -0.122. The van der Waals surface area contributed by atoms with Gasteiger partial charge in [-0.2, -0.15) is 0 Å². The van der Waals surface area contributed by atoms with Crippen molar-refractivity contribution in [3.8, 4) is 28.5 Å². The van der Waals surface area contributed by atoms with Crippen LogP contribution in [-0.4, -0.2) is 50.6 Å². The van der Waals surface area contributed by atoms with E-state index in [0.29, 0.717) is 36.3 Å². The van der Waals surface area contributed by atoms with Gasteiger partial charge < -0.3 is 19.2 Å². The summed E-state index contributed by atoms with van der Waals surface area (Å²) in [5.41, 5.74) is 2.34. The van der Waals surface area contributed by atoms with Gasteiger partial charge in [0, 0.05) is 23.6 Å². The number of hydrogen-bond donors (Lipinski definition) is 1. The minimum Gasteiger partial charge on any atom is -0.483 e. The molecule has 0 radical (unpaired) electrons. The predicted octanol–water partition coefficient (Wildman–Crippen LogP) is 4.01. The van der Waals surface area contributed by atoms with Gasteiger partial charge in [-0.05, 0) is 62.4 Å². The summed E-state index contributed by atoms with van der Waals surface area (Å²) in [5.74, 6) is 1.87. The number of nitrogens with one attached hydrogen (secondary N) is 1. The lowest BCUT2D eigenvalue weighted by atomic mass is 10.1. The zero-order chi connectivity index (χ0) is 23.6. The first-order valence-electron chi connectivity index (χ1n) is 10.4. The molecule has 0 aliphatic carbocycles. The molecule has 1 N–H and O–H groups in total. The Labute approximate surface area is 192 Å². The minimum atomic E-state index is -3.30. The van der Waals surface area contributed by atoms with E-state index in [2.05, 4.69) is 9.98 Å². The molecule has 0 bridgehead atoms. The molecule has 1 aliphatic rings. The first-order chi connectivity index (χ1) is 15.7. The fourth-order valence-corrected chi connectivity index (χ4v) is 3.85. The highest BCUT2D eigenvalue weighted by Crippen LogP contribution is 2.33. The van der Waals surface area contributed by atoms with E-state index in [0.717, 1.165) is 23.2 Å². The summed E-state index contributed by atoms with van der Waals surface area (Å²) in [6.07, 6.45) is 0.529. The summed E-state index contributed by atoms with van der Waals surface area (Å²) in [7, 11) is -3.30. The normalized spacial score (nSPS) is 14.3. The summed E-state index contributed by atoms with van der Waals surface area (Å²) in [6.45, 7) is 4.34. The van der Waals surface area contributed by atoms with Crippen molar-refractivity contribution in [3.63, 3.8) is 0 Å². The molecule has 172 valence electrons. The monoisotopic (exact) mass is 468 g/mol. The van der Waals surface area contributed by atoms with Crippen LogP contribution in [0.2, 0.25) is 0 Å². The number of ketones is 1. The Morgan fingerprint density at radius 2 is 1.73 bits per heavy atom. The zero-order valence-electron chi connectivity index (χ0n) is 18.5. The van der Waals surface area contributed by atoms with Crippen molar-refractivity contribution in [2.75, 3.05) is 19.4 Å². The number of aromatic amines is 1. The standard InChI is InChI=1S/C24H24N2O6S/c1-15(27)16(2)31-19-12-17(22-8-9-23(26-22)24-25-10-11-30-24)13-20(14-19)32-18-4-6-21(7-5-18)33(3,28)29/h4-9,12-14,16,26H,10-11H2,1-3H3. The molecule has 0 amide bonds. The van der Waals surface area contributed by atoms with Crippen LogP contribution in [0.3, 0.4) is 0 Å². The van der Waals surface area contributed by atoms with Crippen LogP contribution in [-0.2, 0) is 19.4 Å². The number of aliphatic imine (C=N–C) groups is 1. The van der Waals surface area contributed by atoms with Gasteiger partial charge in [0.25, 0.3) is 0 Å². The van der Waals surface area contributed by atoms with Gasteiger partial charge in [-0.3, -0.25) is 4.79 Å². The van der Waals surface area contributed by atoms with Crippen molar-refractivity contribution in [3.05, 3.63) is 60.3 Å². The van der Waals surface area contributed by atoms with Crippen LogP contribution in [0.5, 0.6) is 17.2 Å². The summed E-state index contributed by atoms with van der Waals surface area (Å²) in [4.78, 5) is 19.5. The first kappa shape index (κ1) is 22.6. The lowest BCUT2D eigenvalue weighted by Crippen LogP contribution is -2.20. The van der Waals surface area contributed by atoms with Gasteiger partial charge in [0.15, 0.2) is 21.7 Å². The molecule has 2 heterocycles. The summed E-state index contributed by atoms with van der Waals surface area (Å²) < 4.78 is 40.7. The van der Waals surface area contributed by atoms with Gasteiger partial charge in [0.05, 0.1) is 11.4 Å². The highest BCUT2D eigenvalue weighted by Gasteiger charge is 2.16. The van der Waals surface area contributed by atoms with Crippen LogP contribution >= 0.6 is 0 Å². The fraction of sp³-hybridized carbons (Fsp3) is 0.250. The van der Waals surface area contributed by atoms with Gasteiger partial charge in [-0.15, -0.1) is 0 Å². The second-order valence-electron chi connectivity index (χ2n) is 7.73. The highest BCUT2D eigenvalue weighted by atomic mass is 32.2. The fourth-order valence-electron chi connectivity index (χ4n) is 3.22. The largest absolute Gasteiger partial charge is 0.483 e. The SMILES string of the molecule is CC(=O)C(C)Oc1cc(Oc2ccc(S(C)(=O)=O)cc2)cc(-c2ccc(C3=NCCO3)[nH]2)c1. The van der Waals surface area contributed by atoms with Crippen molar-refractivity contribution >= 4 is 21.5 Å². The predicted molar refractivity (Wildman–Crippen MR) is 124 cm³/mol. The van der Waals surface area contributed by atoms with E-state index in [-0.39, 0.29) is 10.7 Å². The van der Waals surface area contributed by atoms with Crippen molar-refractivity contribution in [1.82, 2.24) is 4.98 Å². The number of ether oxygens (including phenoxy) is 3. The quantitative estimate of drug-likeness (QED) is 0.535. The topological polar surface area (TPSA) is 107 Å². The molecule has 1 unspecified atom stereocenters. The maximum atomic E-state index is 11.7.